The lowest BCUT2D eigenvalue weighted by Gasteiger charge is -2.37. The molecule has 0 radical (unpaired) electrons. The summed E-state index contributed by atoms with van der Waals surface area (Å²) in [6.07, 6.45) is 5.21. The van der Waals surface area contributed by atoms with Gasteiger partial charge in [0.05, 0.1) is 11.4 Å². The predicted molar refractivity (Wildman–Crippen MR) is 136 cm³/mol. The van der Waals surface area contributed by atoms with Crippen LogP contribution in [0.25, 0.3) is 0 Å². The Bertz CT molecular complexity index is 1030. The molecule has 2 aromatic carbocycles. The molecule has 0 bridgehead atoms. The summed E-state index contributed by atoms with van der Waals surface area (Å²) in [5, 5.41) is 3.19. The molecule has 5 nitrogen and oxygen atoms in total. The van der Waals surface area contributed by atoms with Gasteiger partial charge < -0.3 is 10.2 Å². The molecular weight excluding hydrogens is 408 g/mol. The van der Waals surface area contributed by atoms with E-state index in [2.05, 4.69) is 70.3 Å². The Morgan fingerprint density at radius 2 is 1.58 bits per heavy atom. The lowest BCUT2D eigenvalue weighted by atomic mass is 9.81. The summed E-state index contributed by atoms with van der Waals surface area (Å²) in [5.74, 6) is 0.0484. The number of benzene rings is 2. The molecular formula is C28H34N4O. The van der Waals surface area contributed by atoms with E-state index in [1.807, 2.05) is 42.7 Å². The summed E-state index contributed by atoms with van der Waals surface area (Å²) >= 11 is 0. The standard InChI is InChI=1S/C28H34N4O/c1-28(2,24-8-4-3-5-9-24)22-27(33)30-25-10-6-7-11-26(25)32-20-18-31(19-21-32)17-14-23-12-15-29-16-13-23/h3-13,15-16H,14,17-22H2,1-2H3,(H,30,33). The highest BCUT2D eigenvalue weighted by molar-refractivity contribution is 5.95. The number of hydrogen-bond acceptors (Lipinski definition) is 4. The fraction of sp³-hybridized carbons (Fsp3) is 0.357. The normalized spacial score (nSPS) is 14.8. The molecule has 1 saturated heterocycles. The molecule has 0 saturated carbocycles. The summed E-state index contributed by atoms with van der Waals surface area (Å²) in [4.78, 5) is 22.0. The van der Waals surface area contributed by atoms with Gasteiger partial charge in [-0.3, -0.25) is 14.7 Å². The van der Waals surface area contributed by atoms with Gasteiger partial charge in [-0.2, -0.15) is 0 Å². The van der Waals surface area contributed by atoms with E-state index in [1.165, 1.54) is 11.1 Å². The first-order valence-corrected chi connectivity index (χ1v) is 11.8. The average molecular weight is 443 g/mol. The van der Waals surface area contributed by atoms with Crippen LogP contribution in [0.2, 0.25) is 0 Å². The van der Waals surface area contributed by atoms with Gasteiger partial charge in [-0.25, -0.2) is 0 Å². The highest BCUT2D eigenvalue weighted by atomic mass is 16.1. The fourth-order valence-electron chi connectivity index (χ4n) is 4.49. The number of pyridine rings is 1. The van der Waals surface area contributed by atoms with Gasteiger partial charge in [0.15, 0.2) is 0 Å². The van der Waals surface area contributed by atoms with E-state index in [1.54, 1.807) is 0 Å². The van der Waals surface area contributed by atoms with Crippen LogP contribution < -0.4 is 10.2 Å². The number of nitrogens with one attached hydrogen (secondary N) is 1. The van der Waals surface area contributed by atoms with E-state index >= 15 is 0 Å². The number of amides is 1. The van der Waals surface area contributed by atoms with Gasteiger partial charge in [-0.1, -0.05) is 56.3 Å². The zero-order valence-electron chi connectivity index (χ0n) is 19.7. The van der Waals surface area contributed by atoms with Crippen LogP contribution in [-0.2, 0) is 16.6 Å². The molecule has 1 fully saturated rings. The van der Waals surface area contributed by atoms with Crippen molar-refractivity contribution >= 4 is 17.3 Å². The molecule has 5 heteroatoms. The molecule has 0 atom stereocenters. The third-order valence-electron chi connectivity index (χ3n) is 6.51. The summed E-state index contributed by atoms with van der Waals surface area (Å²) in [6, 6.07) is 22.6. The second-order valence-electron chi connectivity index (χ2n) is 9.43. The number of nitrogens with zero attached hydrogens (tertiary/aromatic N) is 3. The zero-order chi connectivity index (χ0) is 23.1. The molecule has 0 unspecified atom stereocenters. The van der Waals surface area contributed by atoms with Gasteiger partial charge in [0.25, 0.3) is 0 Å². The third-order valence-corrected chi connectivity index (χ3v) is 6.51. The third kappa shape index (κ3) is 6.20. The number of anilines is 2. The Hall–Kier alpha value is -3.18. The first kappa shape index (κ1) is 23.0. The van der Waals surface area contributed by atoms with Gasteiger partial charge in [0.2, 0.25) is 5.91 Å². The quantitative estimate of drug-likeness (QED) is 0.547. The van der Waals surface area contributed by atoms with Gasteiger partial charge >= 0.3 is 0 Å². The van der Waals surface area contributed by atoms with Crippen molar-refractivity contribution in [1.29, 1.82) is 0 Å². The van der Waals surface area contributed by atoms with E-state index in [4.69, 9.17) is 0 Å². The Balaban J connectivity index is 1.33. The minimum absolute atomic E-state index is 0.0484. The van der Waals surface area contributed by atoms with E-state index in [-0.39, 0.29) is 11.3 Å². The van der Waals surface area contributed by atoms with E-state index in [9.17, 15) is 4.79 Å². The molecule has 0 spiro atoms. The Morgan fingerprint density at radius 1 is 0.909 bits per heavy atom. The van der Waals surface area contributed by atoms with Gasteiger partial charge in [0.1, 0.15) is 0 Å². The number of piperazine rings is 1. The van der Waals surface area contributed by atoms with Crippen molar-refractivity contribution in [2.45, 2.75) is 32.1 Å². The number of carbonyl (C=O) groups is 1. The van der Waals surface area contributed by atoms with Crippen molar-refractivity contribution in [3.8, 4) is 0 Å². The second-order valence-corrected chi connectivity index (χ2v) is 9.43. The van der Waals surface area contributed by atoms with Crippen LogP contribution in [-0.4, -0.2) is 48.5 Å². The average Bonchev–Trinajstić information content (AvgIpc) is 2.84. The van der Waals surface area contributed by atoms with Crippen LogP contribution >= 0.6 is 0 Å². The summed E-state index contributed by atoms with van der Waals surface area (Å²) in [6.45, 7) is 9.27. The summed E-state index contributed by atoms with van der Waals surface area (Å²) in [7, 11) is 0. The van der Waals surface area contributed by atoms with Crippen molar-refractivity contribution in [3.05, 3.63) is 90.3 Å². The van der Waals surface area contributed by atoms with Crippen molar-refractivity contribution in [3.63, 3.8) is 0 Å². The molecule has 172 valence electrons. The molecule has 1 aliphatic rings. The second kappa shape index (κ2) is 10.6. The molecule has 1 amide bonds. The van der Waals surface area contributed by atoms with E-state index in [0.29, 0.717) is 6.42 Å². The molecule has 4 rings (SSSR count). The summed E-state index contributed by atoms with van der Waals surface area (Å²) < 4.78 is 0. The topological polar surface area (TPSA) is 48.5 Å². The molecule has 0 aliphatic carbocycles. The number of aromatic nitrogens is 1. The van der Waals surface area contributed by atoms with Crippen LogP contribution in [0, 0.1) is 0 Å². The van der Waals surface area contributed by atoms with Gasteiger partial charge in [-0.15, -0.1) is 0 Å². The minimum Gasteiger partial charge on any atom is -0.367 e. The maximum atomic E-state index is 13.0. The number of rotatable bonds is 8. The highest BCUT2D eigenvalue weighted by Gasteiger charge is 2.25. The molecule has 33 heavy (non-hydrogen) atoms. The lowest BCUT2D eigenvalue weighted by Crippen LogP contribution is -2.47. The molecule has 1 aromatic heterocycles. The van der Waals surface area contributed by atoms with Crippen molar-refractivity contribution in [2.24, 2.45) is 0 Å². The molecule has 1 N–H and O–H groups in total. The molecule has 3 aromatic rings. The van der Waals surface area contributed by atoms with Crippen molar-refractivity contribution in [1.82, 2.24) is 9.88 Å². The van der Waals surface area contributed by atoms with Crippen molar-refractivity contribution < 1.29 is 4.79 Å². The monoisotopic (exact) mass is 442 g/mol. The summed E-state index contributed by atoms with van der Waals surface area (Å²) in [5.41, 5.74) is 4.30. The van der Waals surface area contributed by atoms with Crippen LogP contribution in [0.3, 0.4) is 0 Å². The Labute approximate surface area is 197 Å². The Morgan fingerprint density at radius 3 is 2.30 bits per heavy atom. The smallest absolute Gasteiger partial charge is 0.225 e. The number of hydrogen-bond donors (Lipinski definition) is 1. The fourth-order valence-corrected chi connectivity index (χ4v) is 4.49. The van der Waals surface area contributed by atoms with Crippen LogP contribution in [0.4, 0.5) is 11.4 Å². The largest absolute Gasteiger partial charge is 0.367 e. The minimum atomic E-state index is -0.221. The van der Waals surface area contributed by atoms with Gasteiger partial charge in [0, 0.05) is 51.5 Å². The molecule has 2 heterocycles. The van der Waals surface area contributed by atoms with E-state index in [0.717, 1.165) is 50.5 Å². The Kier molecular flexibility index (Phi) is 7.40. The highest BCUT2D eigenvalue weighted by Crippen LogP contribution is 2.30. The maximum absolute atomic E-state index is 13.0. The number of carbonyl (C=O) groups excluding carboxylic acids is 1. The lowest BCUT2D eigenvalue weighted by molar-refractivity contribution is -0.117. The predicted octanol–water partition coefficient (Wildman–Crippen LogP) is 4.75. The number of para-hydroxylation sites is 2. The van der Waals surface area contributed by atoms with Crippen molar-refractivity contribution in [2.75, 3.05) is 42.9 Å². The van der Waals surface area contributed by atoms with Crippen LogP contribution in [0.1, 0.15) is 31.4 Å². The molecule has 1 aliphatic heterocycles. The van der Waals surface area contributed by atoms with Crippen LogP contribution in [0.15, 0.2) is 79.1 Å². The SMILES string of the molecule is CC(C)(CC(=O)Nc1ccccc1N1CCN(CCc2ccncc2)CC1)c1ccccc1. The van der Waals surface area contributed by atoms with E-state index < -0.39 is 0 Å². The zero-order valence-corrected chi connectivity index (χ0v) is 19.7. The van der Waals surface area contributed by atoms with Gasteiger partial charge in [-0.05, 0) is 47.2 Å². The maximum Gasteiger partial charge on any atom is 0.225 e. The van der Waals surface area contributed by atoms with Crippen LogP contribution in [0.5, 0.6) is 0 Å². The first-order valence-electron chi connectivity index (χ1n) is 11.8. The first-order chi connectivity index (χ1) is 16.0.